The predicted octanol–water partition coefficient (Wildman–Crippen LogP) is 5.97. The molecule has 5 rings (SSSR count). The molecule has 40 heavy (non-hydrogen) atoms. The van der Waals surface area contributed by atoms with Gasteiger partial charge in [0.25, 0.3) is 0 Å². The van der Waals surface area contributed by atoms with Gasteiger partial charge in [0.15, 0.2) is 0 Å². The quantitative estimate of drug-likeness (QED) is 0.256. The number of nitrogens with one attached hydrogen (secondary N) is 1. The number of nitrogens with two attached hydrogens (primary N) is 1. The standard InChI is InChI=1S/C31H31Cl2N5O2/c1-31(2)21(13-29(39)36-27(30(34)40)11-19-7-4-3-5-8-19)12-25(31)28-17-26(20-9-6-10-35-18-20)37-38(28)24-15-22(32)14-23(33)16-24/h3-10,14-18,21,25,27H,11-13H2,1-2H3,(H2,34,40)(H,36,39)/t21-,25-,27+/m1/s1. The number of amides is 2. The molecule has 1 aliphatic carbocycles. The molecule has 0 unspecified atom stereocenters. The van der Waals surface area contributed by atoms with Gasteiger partial charge in [0.05, 0.1) is 11.4 Å². The van der Waals surface area contributed by atoms with Gasteiger partial charge in [-0.1, -0.05) is 67.4 Å². The molecule has 2 heterocycles. The SMILES string of the molecule is CC1(C)[C@@H](CC(=O)N[C@@H](Cc2ccccc2)C(N)=O)C[C@@H]1c1cc(-c2cccnc2)nn1-c1cc(Cl)cc(Cl)c1. The fourth-order valence-electron chi connectivity index (χ4n) is 5.58. The molecule has 1 aliphatic rings. The van der Waals surface area contributed by atoms with Crippen LogP contribution in [0.15, 0.2) is 79.1 Å². The van der Waals surface area contributed by atoms with E-state index in [4.69, 9.17) is 34.0 Å². The van der Waals surface area contributed by atoms with E-state index in [0.717, 1.165) is 34.6 Å². The second-order valence-corrected chi connectivity index (χ2v) is 11.8. The summed E-state index contributed by atoms with van der Waals surface area (Å²) < 4.78 is 1.89. The number of halogens is 2. The van der Waals surface area contributed by atoms with Gasteiger partial charge in [-0.25, -0.2) is 4.68 Å². The van der Waals surface area contributed by atoms with Crippen LogP contribution in [-0.4, -0.2) is 32.6 Å². The molecule has 2 amide bonds. The summed E-state index contributed by atoms with van der Waals surface area (Å²) in [5, 5.41) is 8.82. The molecule has 3 atom stereocenters. The van der Waals surface area contributed by atoms with Crippen molar-refractivity contribution in [3.8, 4) is 16.9 Å². The van der Waals surface area contributed by atoms with Gasteiger partial charge in [0, 0.05) is 52.5 Å². The maximum absolute atomic E-state index is 13.1. The van der Waals surface area contributed by atoms with Crippen LogP contribution in [0.5, 0.6) is 0 Å². The Labute approximate surface area is 243 Å². The van der Waals surface area contributed by atoms with E-state index in [1.54, 1.807) is 18.5 Å². The fourth-order valence-corrected chi connectivity index (χ4v) is 6.10. The Balaban J connectivity index is 1.36. The highest BCUT2D eigenvalue weighted by Gasteiger charge is 2.50. The third-order valence-corrected chi connectivity index (χ3v) is 8.44. The van der Waals surface area contributed by atoms with Crippen LogP contribution in [0.4, 0.5) is 0 Å². The smallest absolute Gasteiger partial charge is 0.240 e. The van der Waals surface area contributed by atoms with Crippen molar-refractivity contribution < 1.29 is 9.59 Å². The molecule has 0 aliphatic heterocycles. The van der Waals surface area contributed by atoms with Crippen LogP contribution in [0.2, 0.25) is 10.0 Å². The van der Waals surface area contributed by atoms with E-state index >= 15 is 0 Å². The Hall–Kier alpha value is -3.68. The van der Waals surface area contributed by atoms with Crippen molar-refractivity contribution in [2.45, 2.75) is 45.1 Å². The number of hydrogen-bond acceptors (Lipinski definition) is 4. The molecule has 2 aromatic carbocycles. The summed E-state index contributed by atoms with van der Waals surface area (Å²) in [6.45, 7) is 4.33. The molecule has 4 aromatic rings. The Bertz CT molecular complexity index is 1500. The lowest BCUT2D eigenvalue weighted by atomic mass is 9.52. The zero-order valence-electron chi connectivity index (χ0n) is 22.4. The van der Waals surface area contributed by atoms with Crippen LogP contribution < -0.4 is 11.1 Å². The van der Waals surface area contributed by atoms with Crippen molar-refractivity contribution in [2.75, 3.05) is 0 Å². The monoisotopic (exact) mass is 575 g/mol. The number of primary amides is 1. The molecule has 2 aromatic heterocycles. The third kappa shape index (κ3) is 5.91. The molecule has 1 saturated carbocycles. The summed E-state index contributed by atoms with van der Waals surface area (Å²) in [5.74, 6) is -0.495. The second-order valence-electron chi connectivity index (χ2n) is 11.0. The number of pyridine rings is 1. The topological polar surface area (TPSA) is 103 Å². The molecule has 0 saturated heterocycles. The lowest BCUT2D eigenvalue weighted by Crippen LogP contribution is -2.49. The lowest BCUT2D eigenvalue weighted by Gasteiger charge is -2.52. The molecule has 0 radical (unpaired) electrons. The summed E-state index contributed by atoms with van der Waals surface area (Å²) in [4.78, 5) is 29.4. The van der Waals surface area contributed by atoms with Crippen molar-refractivity contribution in [2.24, 2.45) is 17.1 Å². The maximum atomic E-state index is 13.1. The van der Waals surface area contributed by atoms with Gasteiger partial charge < -0.3 is 11.1 Å². The highest BCUT2D eigenvalue weighted by molar-refractivity contribution is 6.34. The first-order chi connectivity index (χ1) is 19.1. The predicted molar refractivity (Wildman–Crippen MR) is 157 cm³/mol. The Morgan fingerprint density at radius 3 is 2.42 bits per heavy atom. The summed E-state index contributed by atoms with van der Waals surface area (Å²) >= 11 is 12.7. The first-order valence-electron chi connectivity index (χ1n) is 13.2. The molecule has 3 N–H and O–H groups in total. The summed E-state index contributed by atoms with van der Waals surface area (Å²) in [6, 6.07) is 20.1. The fraction of sp³-hybridized carbons (Fsp3) is 0.290. The zero-order valence-corrected chi connectivity index (χ0v) is 23.9. The number of aromatic nitrogens is 3. The Kier molecular flexibility index (Phi) is 7.97. The summed E-state index contributed by atoms with van der Waals surface area (Å²) in [5.41, 5.74) is 9.82. The molecule has 7 nitrogen and oxygen atoms in total. The molecule has 0 spiro atoms. The van der Waals surface area contributed by atoms with E-state index in [1.807, 2.05) is 59.3 Å². The van der Waals surface area contributed by atoms with Gasteiger partial charge in [-0.3, -0.25) is 14.6 Å². The van der Waals surface area contributed by atoms with Crippen molar-refractivity contribution in [1.82, 2.24) is 20.1 Å². The highest BCUT2D eigenvalue weighted by atomic mass is 35.5. The van der Waals surface area contributed by atoms with Gasteiger partial charge in [-0.05, 0) is 59.7 Å². The average molecular weight is 577 g/mol. The highest BCUT2D eigenvalue weighted by Crippen LogP contribution is 2.58. The van der Waals surface area contributed by atoms with E-state index in [1.165, 1.54) is 0 Å². The second kappa shape index (κ2) is 11.4. The van der Waals surface area contributed by atoms with Gasteiger partial charge in [-0.2, -0.15) is 5.10 Å². The molecule has 0 bridgehead atoms. The summed E-state index contributed by atoms with van der Waals surface area (Å²) in [7, 11) is 0. The Morgan fingerprint density at radius 1 is 1.07 bits per heavy atom. The van der Waals surface area contributed by atoms with Gasteiger partial charge in [-0.15, -0.1) is 0 Å². The average Bonchev–Trinajstić information content (AvgIpc) is 3.35. The largest absolute Gasteiger partial charge is 0.368 e. The minimum atomic E-state index is -0.759. The first-order valence-corrected chi connectivity index (χ1v) is 14.0. The number of rotatable bonds is 9. The van der Waals surface area contributed by atoms with E-state index in [9.17, 15) is 9.59 Å². The number of hydrogen-bond donors (Lipinski definition) is 2. The molecule has 1 fully saturated rings. The zero-order chi connectivity index (χ0) is 28.4. The lowest BCUT2D eigenvalue weighted by molar-refractivity contribution is -0.130. The molecular formula is C31H31Cl2N5O2. The summed E-state index contributed by atoms with van der Waals surface area (Å²) in [6.07, 6.45) is 4.95. The van der Waals surface area contributed by atoms with Crippen LogP contribution in [0.25, 0.3) is 16.9 Å². The van der Waals surface area contributed by atoms with Gasteiger partial charge in [0.1, 0.15) is 6.04 Å². The van der Waals surface area contributed by atoms with Gasteiger partial charge >= 0.3 is 0 Å². The Morgan fingerprint density at radius 2 is 1.80 bits per heavy atom. The maximum Gasteiger partial charge on any atom is 0.240 e. The van der Waals surface area contributed by atoms with E-state index in [2.05, 4.69) is 30.2 Å². The number of carbonyl (C=O) groups excluding carboxylic acids is 2. The van der Waals surface area contributed by atoms with Crippen LogP contribution in [0.3, 0.4) is 0 Å². The van der Waals surface area contributed by atoms with Crippen molar-refractivity contribution in [3.05, 3.63) is 100 Å². The van der Waals surface area contributed by atoms with Gasteiger partial charge in [0.2, 0.25) is 11.8 Å². The number of benzene rings is 2. The van der Waals surface area contributed by atoms with E-state index in [-0.39, 0.29) is 23.2 Å². The van der Waals surface area contributed by atoms with Crippen molar-refractivity contribution in [3.63, 3.8) is 0 Å². The van der Waals surface area contributed by atoms with Crippen LogP contribution in [0, 0.1) is 11.3 Å². The molecule has 206 valence electrons. The van der Waals surface area contributed by atoms with E-state index in [0.29, 0.717) is 22.9 Å². The number of carbonyl (C=O) groups is 2. The third-order valence-electron chi connectivity index (χ3n) is 8.01. The van der Waals surface area contributed by atoms with Crippen LogP contribution in [0.1, 0.15) is 43.9 Å². The number of nitrogens with zero attached hydrogens (tertiary/aromatic N) is 3. The minimum Gasteiger partial charge on any atom is -0.368 e. The first kappa shape index (κ1) is 27.9. The minimum absolute atomic E-state index is 0.107. The normalized spacial score (nSPS) is 18.5. The molecular weight excluding hydrogens is 545 g/mol. The van der Waals surface area contributed by atoms with Crippen LogP contribution >= 0.6 is 23.2 Å². The molecule has 9 heteroatoms. The van der Waals surface area contributed by atoms with E-state index < -0.39 is 11.9 Å². The van der Waals surface area contributed by atoms with Crippen molar-refractivity contribution >= 4 is 35.0 Å². The van der Waals surface area contributed by atoms with Crippen LogP contribution in [-0.2, 0) is 16.0 Å². The van der Waals surface area contributed by atoms with Crippen molar-refractivity contribution in [1.29, 1.82) is 0 Å².